The minimum absolute atomic E-state index is 0.152. The van der Waals surface area contributed by atoms with Gasteiger partial charge in [0.1, 0.15) is 5.60 Å². The Kier molecular flexibility index (Phi) is 3.69. The third-order valence-corrected chi connectivity index (χ3v) is 6.12. The molecule has 1 aliphatic heterocycles. The van der Waals surface area contributed by atoms with Crippen LogP contribution in [-0.2, 0) is 4.74 Å². The molecule has 1 amide bonds. The van der Waals surface area contributed by atoms with E-state index < -0.39 is 5.60 Å². The molecule has 2 heterocycles. The van der Waals surface area contributed by atoms with Gasteiger partial charge in [0, 0.05) is 30.1 Å². The Balaban J connectivity index is 1.31. The SMILES string of the molecule is CC(C)(C)OC(=O)N1CC2C(C1)C2NC(c1cccs1)C1CC1. The molecule has 0 bridgehead atoms. The molecule has 3 aliphatic rings. The van der Waals surface area contributed by atoms with Crippen molar-refractivity contribution in [1.82, 2.24) is 10.2 Å². The van der Waals surface area contributed by atoms with Crippen molar-refractivity contribution >= 4 is 17.4 Å². The van der Waals surface area contributed by atoms with Crippen LogP contribution in [0.15, 0.2) is 17.5 Å². The van der Waals surface area contributed by atoms with Crippen LogP contribution < -0.4 is 5.32 Å². The molecule has 1 N–H and O–H groups in total. The van der Waals surface area contributed by atoms with Crippen LogP contribution in [0.4, 0.5) is 4.79 Å². The molecule has 1 saturated heterocycles. The lowest BCUT2D eigenvalue weighted by Crippen LogP contribution is -2.39. The molecule has 3 fully saturated rings. The van der Waals surface area contributed by atoms with Gasteiger partial charge in [-0.25, -0.2) is 4.79 Å². The van der Waals surface area contributed by atoms with Gasteiger partial charge < -0.3 is 15.0 Å². The highest BCUT2D eigenvalue weighted by Gasteiger charge is 2.58. The van der Waals surface area contributed by atoms with Crippen molar-refractivity contribution in [2.24, 2.45) is 17.8 Å². The molecule has 2 saturated carbocycles. The van der Waals surface area contributed by atoms with Crippen molar-refractivity contribution in [2.45, 2.75) is 51.3 Å². The van der Waals surface area contributed by atoms with E-state index in [-0.39, 0.29) is 6.09 Å². The van der Waals surface area contributed by atoms with Crippen molar-refractivity contribution in [3.05, 3.63) is 22.4 Å². The van der Waals surface area contributed by atoms with E-state index in [2.05, 4.69) is 22.8 Å². The monoisotopic (exact) mass is 334 g/mol. The molecular weight excluding hydrogens is 308 g/mol. The zero-order valence-electron chi connectivity index (χ0n) is 14.1. The molecule has 1 aromatic heterocycles. The highest BCUT2D eigenvalue weighted by Crippen LogP contribution is 2.50. The fourth-order valence-electron chi connectivity index (χ4n) is 3.80. The number of rotatable bonds is 4. The number of amides is 1. The summed E-state index contributed by atoms with van der Waals surface area (Å²) in [6.45, 7) is 7.46. The second-order valence-corrected chi connectivity index (χ2v) is 9.22. The van der Waals surface area contributed by atoms with Crippen LogP contribution in [0.25, 0.3) is 0 Å². The maximum Gasteiger partial charge on any atom is 0.410 e. The van der Waals surface area contributed by atoms with Crippen LogP contribution in [-0.4, -0.2) is 35.7 Å². The summed E-state index contributed by atoms with van der Waals surface area (Å²) in [7, 11) is 0. The Morgan fingerprint density at radius 2 is 2.04 bits per heavy atom. The fourth-order valence-corrected chi connectivity index (χ4v) is 4.68. The van der Waals surface area contributed by atoms with Gasteiger partial charge in [-0.05, 0) is 62.8 Å². The smallest absolute Gasteiger partial charge is 0.410 e. The summed E-state index contributed by atoms with van der Waals surface area (Å²) < 4.78 is 5.48. The highest BCUT2D eigenvalue weighted by molar-refractivity contribution is 7.10. The second-order valence-electron chi connectivity index (χ2n) is 8.24. The molecule has 5 heteroatoms. The third kappa shape index (κ3) is 3.26. The summed E-state index contributed by atoms with van der Waals surface area (Å²) in [5, 5.41) is 6.07. The van der Waals surface area contributed by atoms with Crippen molar-refractivity contribution in [3.8, 4) is 0 Å². The van der Waals surface area contributed by atoms with Crippen LogP contribution in [0.2, 0.25) is 0 Å². The molecule has 0 radical (unpaired) electrons. The van der Waals surface area contributed by atoms with E-state index in [1.165, 1.54) is 17.7 Å². The molecular formula is C18H26N2O2S. The van der Waals surface area contributed by atoms with Crippen LogP contribution in [0.5, 0.6) is 0 Å². The number of nitrogens with zero attached hydrogens (tertiary/aromatic N) is 1. The number of fused-ring (bicyclic) bond motifs is 1. The average molecular weight is 334 g/mol. The van der Waals surface area contributed by atoms with Crippen LogP contribution in [0.1, 0.15) is 44.5 Å². The second kappa shape index (κ2) is 5.49. The van der Waals surface area contributed by atoms with Gasteiger partial charge in [0.15, 0.2) is 0 Å². The van der Waals surface area contributed by atoms with Gasteiger partial charge in [-0.3, -0.25) is 0 Å². The van der Waals surface area contributed by atoms with Gasteiger partial charge in [-0.15, -0.1) is 11.3 Å². The van der Waals surface area contributed by atoms with E-state index in [1.807, 2.05) is 37.0 Å². The number of piperidine rings is 1. The van der Waals surface area contributed by atoms with E-state index in [9.17, 15) is 4.79 Å². The summed E-state index contributed by atoms with van der Waals surface area (Å²) in [6.07, 6.45) is 2.55. The number of hydrogen-bond donors (Lipinski definition) is 1. The van der Waals surface area contributed by atoms with Crippen molar-refractivity contribution in [1.29, 1.82) is 0 Å². The lowest BCUT2D eigenvalue weighted by atomic mass is 10.1. The molecule has 3 atom stereocenters. The molecule has 23 heavy (non-hydrogen) atoms. The van der Waals surface area contributed by atoms with Gasteiger partial charge >= 0.3 is 6.09 Å². The summed E-state index contributed by atoms with van der Waals surface area (Å²) in [6, 6.07) is 5.52. The molecule has 126 valence electrons. The molecule has 2 aliphatic carbocycles. The van der Waals surface area contributed by atoms with E-state index in [4.69, 9.17) is 4.74 Å². The average Bonchev–Trinajstić information content (AvgIpc) is 3.25. The lowest BCUT2D eigenvalue weighted by molar-refractivity contribution is 0.0268. The zero-order chi connectivity index (χ0) is 16.2. The quantitative estimate of drug-likeness (QED) is 0.914. The van der Waals surface area contributed by atoms with Gasteiger partial charge in [0.05, 0.1) is 0 Å². The topological polar surface area (TPSA) is 41.6 Å². The van der Waals surface area contributed by atoms with Gasteiger partial charge in [-0.2, -0.15) is 0 Å². The minimum Gasteiger partial charge on any atom is -0.444 e. The maximum absolute atomic E-state index is 12.1. The molecule has 0 aromatic carbocycles. The molecule has 4 nitrogen and oxygen atoms in total. The standard InChI is InChI=1S/C18H26N2O2S/c1-18(2,3)22-17(21)20-9-12-13(10-20)16(12)19-15(11-6-7-11)14-5-4-8-23-14/h4-5,8,11-13,15-16,19H,6-7,9-10H2,1-3H3. The van der Waals surface area contributed by atoms with Gasteiger partial charge in [0.2, 0.25) is 0 Å². The predicted octanol–water partition coefficient (Wildman–Crippen LogP) is 3.65. The Hall–Kier alpha value is -1.07. The normalized spacial score (nSPS) is 30.9. The summed E-state index contributed by atoms with van der Waals surface area (Å²) >= 11 is 1.86. The number of carbonyl (C=O) groups is 1. The third-order valence-electron chi connectivity index (χ3n) is 5.16. The van der Waals surface area contributed by atoms with E-state index in [0.717, 1.165) is 19.0 Å². The predicted molar refractivity (Wildman–Crippen MR) is 91.5 cm³/mol. The number of nitrogens with one attached hydrogen (secondary N) is 1. The van der Waals surface area contributed by atoms with Gasteiger partial charge in [0.25, 0.3) is 0 Å². The van der Waals surface area contributed by atoms with Crippen LogP contribution in [0, 0.1) is 17.8 Å². The Labute approximate surface area is 142 Å². The van der Waals surface area contributed by atoms with Gasteiger partial charge in [-0.1, -0.05) is 6.07 Å². The summed E-state index contributed by atoms with van der Waals surface area (Å²) in [5.74, 6) is 2.05. The first-order valence-electron chi connectivity index (χ1n) is 8.70. The van der Waals surface area contributed by atoms with E-state index in [0.29, 0.717) is 23.9 Å². The summed E-state index contributed by atoms with van der Waals surface area (Å²) in [4.78, 5) is 15.5. The first-order valence-corrected chi connectivity index (χ1v) is 9.58. The number of hydrogen-bond acceptors (Lipinski definition) is 4. The zero-order valence-corrected chi connectivity index (χ0v) is 14.9. The minimum atomic E-state index is -0.405. The Bertz CT molecular complexity index is 564. The van der Waals surface area contributed by atoms with Crippen LogP contribution >= 0.6 is 11.3 Å². The number of carbonyl (C=O) groups excluding carboxylic acids is 1. The van der Waals surface area contributed by atoms with Crippen molar-refractivity contribution < 1.29 is 9.53 Å². The maximum atomic E-state index is 12.1. The number of thiophene rings is 1. The van der Waals surface area contributed by atoms with Crippen molar-refractivity contribution in [3.63, 3.8) is 0 Å². The molecule has 1 aromatic rings. The van der Waals surface area contributed by atoms with E-state index >= 15 is 0 Å². The first-order chi connectivity index (χ1) is 10.9. The van der Waals surface area contributed by atoms with E-state index in [1.54, 1.807) is 0 Å². The molecule has 4 rings (SSSR count). The first kappa shape index (κ1) is 15.5. The lowest BCUT2D eigenvalue weighted by Gasteiger charge is -2.26. The van der Waals surface area contributed by atoms with Crippen LogP contribution in [0.3, 0.4) is 0 Å². The largest absolute Gasteiger partial charge is 0.444 e. The summed E-state index contributed by atoms with van der Waals surface area (Å²) in [5.41, 5.74) is -0.405. The number of ether oxygens (including phenoxy) is 1. The Morgan fingerprint density at radius 3 is 2.57 bits per heavy atom. The highest BCUT2D eigenvalue weighted by atomic mass is 32.1. The fraction of sp³-hybridized carbons (Fsp3) is 0.722. The Morgan fingerprint density at radius 1 is 1.35 bits per heavy atom. The molecule has 3 unspecified atom stereocenters. The molecule has 0 spiro atoms. The van der Waals surface area contributed by atoms with Crippen molar-refractivity contribution in [2.75, 3.05) is 13.1 Å². The number of likely N-dealkylation sites (tertiary alicyclic amines) is 1.